The van der Waals surface area contributed by atoms with Gasteiger partial charge in [0, 0.05) is 5.69 Å². The van der Waals surface area contributed by atoms with Gasteiger partial charge in [-0.2, -0.15) is 0 Å². The molecule has 3 aromatic rings. The largest absolute Gasteiger partial charge is 0.423 e. The molecule has 1 aliphatic rings. The van der Waals surface area contributed by atoms with E-state index in [4.69, 9.17) is 16.3 Å². The summed E-state index contributed by atoms with van der Waals surface area (Å²) in [5.41, 5.74) is 3.18. The van der Waals surface area contributed by atoms with Crippen LogP contribution in [0.3, 0.4) is 0 Å². The third kappa shape index (κ3) is 4.00. The lowest BCUT2D eigenvalue weighted by atomic mass is 10.1. The van der Waals surface area contributed by atoms with Crippen LogP contribution in [0.4, 0.5) is 11.4 Å². The topological polar surface area (TPSA) is 75.7 Å². The van der Waals surface area contributed by atoms with E-state index in [-0.39, 0.29) is 10.7 Å². The molecule has 2 amide bonds. The number of hydrogen-bond donors (Lipinski definition) is 1. The number of nitrogens with zero attached hydrogens (tertiary/aromatic N) is 1. The number of amides is 2. The van der Waals surface area contributed by atoms with Gasteiger partial charge in [0.1, 0.15) is 16.5 Å². The Kier molecular flexibility index (Phi) is 5.79. The normalized spacial score (nSPS) is 13.5. The number of esters is 1. The minimum Gasteiger partial charge on any atom is -0.423 e. The second-order valence-electron chi connectivity index (χ2n) is 7.26. The van der Waals surface area contributed by atoms with Crippen LogP contribution in [0.5, 0.6) is 5.75 Å². The molecule has 0 saturated heterocycles. The van der Waals surface area contributed by atoms with Crippen LogP contribution < -0.4 is 15.0 Å². The number of rotatable bonds is 5. The summed E-state index contributed by atoms with van der Waals surface area (Å²) < 4.78 is 5.50. The van der Waals surface area contributed by atoms with Gasteiger partial charge in [0.25, 0.3) is 11.8 Å². The number of imide groups is 1. The summed E-state index contributed by atoms with van der Waals surface area (Å²) in [4.78, 5) is 38.8. The van der Waals surface area contributed by atoms with Crippen molar-refractivity contribution in [1.82, 2.24) is 0 Å². The fraction of sp³-hybridized carbons (Fsp3) is 0.0800. The summed E-state index contributed by atoms with van der Waals surface area (Å²) in [5.74, 6) is -1.14. The van der Waals surface area contributed by atoms with E-state index in [2.05, 4.69) is 5.32 Å². The summed E-state index contributed by atoms with van der Waals surface area (Å²) in [6.45, 7) is 3.84. The lowest BCUT2D eigenvalue weighted by Gasteiger charge is -2.15. The van der Waals surface area contributed by atoms with E-state index in [1.54, 1.807) is 60.7 Å². The fourth-order valence-corrected chi connectivity index (χ4v) is 3.46. The van der Waals surface area contributed by atoms with Crippen molar-refractivity contribution in [3.63, 3.8) is 0 Å². The second-order valence-corrected chi connectivity index (χ2v) is 7.64. The zero-order valence-electron chi connectivity index (χ0n) is 17.4. The minimum absolute atomic E-state index is 0.0220. The van der Waals surface area contributed by atoms with Crippen molar-refractivity contribution in [3.8, 4) is 5.75 Å². The van der Waals surface area contributed by atoms with Crippen LogP contribution in [0.2, 0.25) is 0 Å². The summed E-state index contributed by atoms with van der Waals surface area (Å²) in [6, 6.07) is 20.4. The summed E-state index contributed by atoms with van der Waals surface area (Å²) >= 11 is 6.15. The van der Waals surface area contributed by atoms with Crippen LogP contribution >= 0.6 is 11.6 Å². The Morgan fingerprint density at radius 3 is 2.25 bits per heavy atom. The Morgan fingerprint density at radius 2 is 1.56 bits per heavy atom. The summed E-state index contributed by atoms with van der Waals surface area (Å²) in [5, 5.41) is 2.69. The maximum Gasteiger partial charge on any atom is 0.343 e. The standard InChI is InChI=1S/C25H19ClN2O4/c1-15-7-6-10-20(16(15)2)32-25(31)17-11-13-18(14-12-17)27-22-21(26)23(29)28(24(22)30)19-8-4-3-5-9-19/h3-14,27H,1-2H3. The first-order valence-corrected chi connectivity index (χ1v) is 10.2. The van der Waals surface area contributed by atoms with Gasteiger partial charge in [-0.15, -0.1) is 0 Å². The highest BCUT2D eigenvalue weighted by Gasteiger charge is 2.38. The molecule has 7 heteroatoms. The molecule has 160 valence electrons. The highest BCUT2D eigenvalue weighted by molar-refractivity contribution is 6.53. The second kappa shape index (κ2) is 8.69. The number of benzene rings is 3. The number of carbonyl (C=O) groups excluding carboxylic acids is 3. The minimum atomic E-state index is -0.598. The lowest BCUT2D eigenvalue weighted by molar-refractivity contribution is -0.120. The summed E-state index contributed by atoms with van der Waals surface area (Å²) in [6.07, 6.45) is 0. The highest BCUT2D eigenvalue weighted by atomic mass is 35.5. The van der Waals surface area contributed by atoms with Gasteiger partial charge < -0.3 is 10.1 Å². The van der Waals surface area contributed by atoms with Gasteiger partial charge in [-0.25, -0.2) is 9.69 Å². The number of halogens is 1. The number of anilines is 2. The molecule has 0 unspecified atom stereocenters. The molecule has 6 nitrogen and oxygen atoms in total. The molecule has 1 heterocycles. The highest BCUT2D eigenvalue weighted by Crippen LogP contribution is 2.30. The molecule has 0 spiro atoms. The Morgan fingerprint density at radius 1 is 0.875 bits per heavy atom. The van der Waals surface area contributed by atoms with Crippen molar-refractivity contribution < 1.29 is 19.1 Å². The van der Waals surface area contributed by atoms with Crippen LogP contribution in [0.1, 0.15) is 21.5 Å². The molecule has 1 N–H and O–H groups in total. The Balaban J connectivity index is 1.49. The fourth-order valence-electron chi connectivity index (χ4n) is 3.25. The van der Waals surface area contributed by atoms with Crippen molar-refractivity contribution >= 4 is 40.8 Å². The molecule has 0 aromatic heterocycles. The van der Waals surface area contributed by atoms with Crippen molar-refractivity contribution in [3.05, 3.63) is 100 Å². The Bertz CT molecular complexity index is 1250. The van der Waals surface area contributed by atoms with Crippen LogP contribution in [0.15, 0.2) is 83.5 Å². The third-order valence-electron chi connectivity index (χ3n) is 5.19. The van der Waals surface area contributed by atoms with Crippen LogP contribution in [0.25, 0.3) is 0 Å². The van der Waals surface area contributed by atoms with E-state index in [0.29, 0.717) is 22.7 Å². The Hall–Kier alpha value is -3.90. The number of ether oxygens (including phenoxy) is 1. The van der Waals surface area contributed by atoms with E-state index in [1.807, 2.05) is 26.0 Å². The molecule has 0 bridgehead atoms. The molecular weight excluding hydrogens is 428 g/mol. The zero-order chi connectivity index (χ0) is 22.8. The molecule has 0 aliphatic carbocycles. The predicted octanol–water partition coefficient (Wildman–Crippen LogP) is 4.96. The number of hydrogen-bond acceptors (Lipinski definition) is 5. The van der Waals surface area contributed by atoms with Gasteiger partial charge in [-0.1, -0.05) is 41.9 Å². The molecule has 0 atom stereocenters. The first-order valence-electron chi connectivity index (χ1n) is 9.86. The average Bonchev–Trinajstić information content (AvgIpc) is 3.01. The van der Waals surface area contributed by atoms with Crippen LogP contribution in [-0.2, 0) is 9.59 Å². The molecule has 1 aliphatic heterocycles. The molecule has 0 saturated carbocycles. The van der Waals surface area contributed by atoms with Gasteiger partial charge in [0.2, 0.25) is 0 Å². The first kappa shape index (κ1) is 21.3. The average molecular weight is 447 g/mol. The van der Waals surface area contributed by atoms with Gasteiger partial charge in [-0.05, 0) is 67.4 Å². The monoisotopic (exact) mass is 446 g/mol. The molecule has 32 heavy (non-hydrogen) atoms. The lowest BCUT2D eigenvalue weighted by Crippen LogP contribution is -2.32. The molecule has 4 rings (SSSR count). The summed E-state index contributed by atoms with van der Waals surface area (Å²) in [7, 11) is 0. The van der Waals surface area contributed by atoms with Gasteiger partial charge in [0.15, 0.2) is 0 Å². The predicted molar refractivity (Wildman–Crippen MR) is 123 cm³/mol. The number of nitrogens with one attached hydrogen (secondary N) is 1. The maximum atomic E-state index is 12.8. The molecular formula is C25H19ClN2O4. The molecule has 0 fully saturated rings. The number of carbonyl (C=O) groups is 3. The SMILES string of the molecule is Cc1cccc(OC(=O)c2ccc(NC3=C(Cl)C(=O)N(c4ccccc4)C3=O)cc2)c1C. The zero-order valence-corrected chi connectivity index (χ0v) is 18.1. The molecule has 3 aromatic carbocycles. The smallest absolute Gasteiger partial charge is 0.343 e. The first-order chi connectivity index (χ1) is 15.4. The number of aryl methyl sites for hydroxylation is 1. The van der Waals surface area contributed by atoms with E-state index >= 15 is 0 Å². The van der Waals surface area contributed by atoms with E-state index in [9.17, 15) is 14.4 Å². The van der Waals surface area contributed by atoms with Crippen molar-refractivity contribution in [1.29, 1.82) is 0 Å². The van der Waals surface area contributed by atoms with Crippen molar-refractivity contribution in [2.24, 2.45) is 0 Å². The number of para-hydroxylation sites is 1. The maximum absolute atomic E-state index is 12.8. The van der Waals surface area contributed by atoms with E-state index in [0.717, 1.165) is 16.0 Å². The molecule has 0 radical (unpaired) electrons. The van der Waals surface area contributed by atoms with Crippen LogP contribution in [-0.4, -0.2) is 17.8 Å². The Labute approximate surface area is 190 Å². The van der Waals surface area contributed by atoms with E-state index in [1.165, 1.54) is 0 Å². The van der Waals surface area contributed by atoms with Crippen molar-refractivity contribution in [2.75, 3.05) is 10.2 Å². The van der Waals surface area contributed by atoms with Gasteiger partial charge >= 0.3 is 5.97 Å². The van der Waals surface area contributed by atoms with Gasteiger partial charge in [-0.3, -0.25) is 9.59 Å². The quantitative estimate of drug-likeness (QED) is 0.340. The van der Waals surface area contributed by atoms with Crippen LogP contribution in [0, 0.1) is 13.8 Å². The van der Waals surface area contributed by atoms with Gasteiger partial charge in [0.05, 0.1) is 11.3 Å². The van der Waals surface area contributed by atoms with E-state index < -0.39 is 17.8 Å². The van der Waals surface area contributed by atoms with Crippen molar-refractivity contribution in [2.45, 2.75) is 13.8 Å². The third-order valence-corrected chi connectivity index (χ3v) is 5.54.